The van der Waals surface area contributed by atoms with E-state index in [0.717, 1.165) is 29.5 Å². The van der Waals surface area contributed by atoms with E-state index < -0.39 is 5.56 Å². The smallest absolute Gasteiger partial charge is 0.271 e. The number of hydrogen-bond acceptors (Lipinski definition) is 7. The molecule has 2 aromatic heterocycles. The summed E-state index contributed by atoms with van der Waals surface area (Å²) in [5.74, 6) is 1.35. The molecule has 158 valence electrons. The number of ether oxygens (including phenoxy) is 1. The highest BCUT2D eigenvalue weighted by molar-refractivity contribution is 5.67. The molecule has 0 aliphatic carbocycles. The van der Waals surface area contributed by atoms with Crippen LogP contribution in [0.2, 0.25) is 0 Å². The van der Waals surface area contributed by atoms with Crippen molar-refractivity contribution in [1.29, 1.82) is 5.26 Å². The van der Waals surface area contributed by atoms with E-state index in [1.54, 1.807) is 19.4 Å². The Labute approximate surface area is 179 Å². The Kier molecular flexibility index (Phi) is 5.96. The maximum Gasteiger partial charge on any atom is 0.271 e. The van der Waals surface area contributed by atoms with Gasteiger partial charge < -0.3 is 19.7 Å². The zero-order valence-corrected chi connectivity index (χ0v) is 17.2. The predicted octanol–water partition coefficient (Wildman–Crippen LogP) is 2.26. The number of anilines is 1. The Bertz CT molecular complexity index is 1170. The van der Waals surface area contributed by atoms with Crippen molar-refractivity contribution in [3.63, 3.8) is 0 Å². The highest BCUT2D eigenvalue weighted by atomic mass is 16.5. The Morgan fingerprint density at radius 2 is 2.16 bits per heavy atom. The fourth-order valence-electron chi connectivity index (χ4n) is 4.00. The van der Waals surface area contributed by atoms with Crippen LogP contribution in [0.5, 0.6) is 5.88 Å². The molecule has 4 rings (SSSR count). The van der Waals surface area contributed by atoms with Gasteiger partial charge >= 0.3 is 0 Å². The standard InChI is InChI=1S/C23H23N5O3/c1-31-21-9-8-16(13-25-21)18-7-3-2-5-15(18)11-20-26-22(19(12-24)23(30)27-20)28-10-4-6-17(28)14-29/h2-3,5,7-9,13,17,29H,4,6,10-11,14H2,1H3,(H,26,27,30)/t17-/m0/s1. The van der Waals surface area contributed by atoms with Crippen LogP contribution < -0.4 is 15.2 Å². The van der Waals surface area contributed by atoms with Crippen LogP contribution in [0.1, 0.15) is 29.8 Å². The van der Waals surface area contributed by atoms with Gasteiger partial charge in [-0.15, -0.1) is 0 Å². The van der Waals surface area contributed by atoms with Crippen LogP contribution >= 0.6 is 0 Å². The number of aliphatic hydroxyl groups excluding tert-OH is 1. The van der Waals surface area contributed by atoms with E-state index in [-0.39, 0.29) is 18.2 Å². The molecule has 1 aliphatic heterocycles. The zero-order chi connectivity index (χ0) is 21.8. The van der Waals surface area contributed by atoms with Gasteiger partial charge in [0.05, 0.1) is 19.8 Å². The second-order valence-corrected chi connectivity index (χ2v) is 7.42. The Morgan fingerprint density at radius 3 is 2.87 bits per heavy atom. The van der Waals surface area contributed by atoms with E-state index >= 15 is 0 Å². The van der Waals surface area contributed by atoms with E-state index in [1.165, 1.54) is 0 Å². The molecular formula is C23H23N5O3. The quantitative estimate of drug-likeness (QED) is 0.632. The molecule has 1 saturated heterocycles. The van der Waals surface area contributed by atoms with E-state index in [1.807, 2.05) is 41.3 Å². The number of aliphatic hydroxyl groups is 1. The van der Waals surface area contributed by atoms with Crippen LogP contribution in [-0.2, 0) is 6.42 Å². The topological polar surface area (TPSA) is 115 Å². The van der Waals surface area contributed by atoms with Crippen molar-refractivity contribution in [2.75, 3.05) is 25.2 Å². The van der Waals surface area contributed by atoms with Crippen LogP contribution in [0.25, 0.3) is 11.1 Å². The normalized spacial score (nSPS) is 15.6. The fraction of sp³-hybridized carbons (Fsp3) is 0.304. The van der Waals surface area contributed by atoms with Crippen molar-refractivity contribution in [1.82, 2.24) is 15.0 Å². The second kappa shape index (κ2) is 8.98. The minimum atomic E-state index is -0.463. The molecule has 8 nitrogen and oxygen atoms in total. The van der Waals surface area contributed by atoms with Crippen LogP contribution in [0, 0.1) is 11.3 Å². The van der Waals surface area contributed by atoms with Crippen LogP contribution in [0.15, 0.2) is 47.4 Å². The van der Waals surface area contributed by atoms with Gasteiger partial charge in [-0.2, -0.15) is 5.26 Å². The maximum absolute atomic E-state index is 12.6. The Hall–Kier alpha value is -3.70. The summed E-state index contributed by atoms with van der Waals surface area (Å²) in [7, 11) is 1.57. The number of hydrogen-bond donors (Lipinski definition) is 2. The van der Waals surface area contributed by atoms with Crippen LogP contribution in [0.4, 0.5) is 5.82 Å². The Balaban J connectivity index is 1.72. The summed E-state index contributed by atoms with van der Waals surface area (Å²) in [6.45, 7) is 0.617. The van der Waals surface area contributed by atoms with E-state index in [0.29, 0.717) is 30.5 Å². The van der Waals surface area contributed by atoms with Crippen molar-refractivity contribution >= 4 is 5.82 Å². The van der Waals surface area contributed by atoms with Crippen molar-refractivity contribution in [2.45, 2.75) is 25.3 Å². The lowest BCUT2D eigenvalue weighted by atomic mass is 9.98. The molecule has 0 radical (unpaired) electrons. The molecule has 2 N–H and O–H groups in total. The minimum absolute atomic E-state index is 0.0169. The lowest BCUT2D eigenvalue weighted by molar-refractivity contribution is 0.266. The SMILES string of the molecule is COc1ccc(-c2ccccc2Cc2nc(N3CCC[C@H]3CO)c(C#N)c(=O)[nH]2)cn1. The highest BCUT2D eigenvalue weighted by Gasteiger charge is 2.28. The molecule has 1 fully saturated rings. The van der Waals surface area contributed by atoms with Gasteiger partial charge in [0.1, 0.15) is 11.9 Å². The number of methoxy groups -OCH3 is 1. The molecule has 0 amide bonds. The maximum atomic E-state index is 12.6. The number of nitrogens with zero attached hydrogens (tertiary/aromatic N) is 4. The average Bonchev–Trinajstić information content (AvgIpc) is 3.28. The number of pyridine rings is 1. The molecule has 3 aromatic rings. The minimum Gasteiger partial charge on any atom is -0.481 e. The molecule has 8 heteroatoms. The zero-order valence-electron chi connectivity index (χ0n) is 17.2. The number of H-pyrrole nitrogens is 1. The summed E-state index contributed by atoms with van der Waals surface area (Å²) in [6.07, 6.45) is 3.81. The summed E-state index contributed by atoms with van der Waals surface area (Å²) in [6, 6.07) is 13.4. The molecule has 3 heterocycles. The summed E-state index contributed by atoms with van der Waals surface area (Å²) in [5.41, 5.74) is 2.38. The molecule has 31 heavy (non-hydrogen) atoms. The van der Waals surface area contributed by atoms with Gasteiger partial charge in [-0.05, 0) is 30.0 Å². The molecule has 1 atom stereocenters. The number of benzene rings is 1. The second-order valence-electron chi connectivity index (χ2n) is 7.42. The summed E-state index contributed by atoms with van der Waals surface area (Å²) in [4.78, 5) is 26.2. The predicted molar refractivity (Wildman–Crippen MR) is 116 cm³/mol. The van der Waals surface area contributed by atoms with Crippen molar-refractivity contribution in [3.05, 3.63) is 69.9 Å². The van der Waals surface area contributed by atoms with Gasteiger partial charge in [0.2, 0.25) is 5.88 Å². The first-order valence-electron chi connectivity index (χ1n) is 10.1. The highest BCUT2D eigenvalue weighted by Crippen LogP contribution is 2.28. The first-order valence-corrected chi connectivity index (χ1v) is 10.1. The van der Waals surface area contributed by atoms with Gasteiger partial charge in [0.15, 0.2) is 11.4 Å². The van der Waals surface area contributed by atoms with E-state index in [2.05, 4.69) is 15.0 Å². The van der Waals surface area contributed by atoms with E-state index in [9.17, 15) is 15.2 Å². The summed E-state index contributed by atoms with van der Waals surface area (Å²) >= 11 is 0. The lowest BCUT2D eigenvalue weighted by Gasteiger charge is -2.25. The first kappa shape index (κ1) is 20.6. The Morgan fingerprint density at radius 1 is 1.32 bits per heavy atom. The average molecular weight is 417 g/mol. The third kappa shape index (κ3) is 4.13. The van der Waals surface area contributed by atoms with Gasteiger partial charge in [0, 0.05) is 30.8 Å². The first-order chi connectivity index (χ1) is 15.1. The van der Waals surface area contributed by atoms with Crippen molar-refractivity contribution in [2.24, 2.45) is 0 Å². The largest absolute Gasteiger partial charge is 0.481 e. The monoisotopic (exact) mass is 417 g/mol. The molecular weight excluding hydrogens is 394 g/mol. The molecule has 0 unspecified atom stereocenters. The van der Waals surface area contributed by atoms with Gasteiger partial charge in [-0.1, -0.05) is 24.3 Å². The van der Waals surface area contributed by atoms with Crippen LogP contribution in [-0.4, -0.2) is 46.4 Å². The fourth-order valence-corrected chi connectivity index (χ4v) is 4.00. The van der Waals surface area contributed by atoms with Crippen LogP contribution in [0.3, 0.4) is 0 Å². The third-order valence-electron chi connectivity index (χ3n) is 5.55. The molecule has 0 spiro atoms. The molecule has 1 aliphatic rings. The van der Waals surface area contributed by atoms with Gasteiger partial charge in [0.25, 0.3) is 5.56 Å². The molecule has 0 bridgehead atoms. The van der Waals surface area contributed by atoms with Crippen molar-refractivity contribution < 1.29 is 9.84 Å². The summed E-state index contributed by atoms with van der Waals surface area (Å²) in [5, 5.41) is 19.2. The lowest BCUT2D eigenvalue weighted by Crippen LogP contribution is -2.35. The van der Waals surface area contributed by atoms with Gasteiger partial charge in [-0.3, -0.25) is 4.79 Å². The van der Waals surface area contributed by atoms with E-state index in [4.69, 9.17) is 4.74 Å². The number of nitrogens with one attached hydrogen (secondary N) is 1. The number of nitriles is 1. The van der Waals surface area contributed by atoms with Crippen molar-refractivity contribution in [3.8, 4) is 23.1 Å². The number of aromatic amines is 1. The summed E-state index contributed by atoms with van der Waals surface area (Å²) < 4.78 is 5.14. The third-order valence-corrected chi connectivity index (χ3v) is 5.55. The van der Waals surface area contributed by atoms with Gasteiger partial charge in [-0.25, -0.2) is 9.97 Å². The molecule has 0 saturated carbocycles. The molecule has 1 aromatic carbocycles. The number of aromatic nitrogens is 3. The number of rotatable bonds is 6.